The summed E-state index contributed by atoms with van der Waals surface area (Å²) < 4.78 is 26.6. The van der Waals surface area contributed by atoms with Gasteiger partial charge in [-0.25, -0.2) is 8.42 Å². The number of aliphatic carboxylic acids is 1. The maximum atomic E-state index is 12.2. The summed E-state index contributed by atoms with van der Waals surface area (Å²) >= 11 is 5.79. The van der Waals surface area contributed by atoms with Gasteiger partial charge < -0.3 is 5.11 Å². The van der Waals surface area contributed by atoms with Crippen LogP contribution in [0.3, 0.4) is 0 Å². The molecule has 1 atom stereocenters. The zero-order chi connectivity index (χ0) is 16.4. The van der Waals surface area contributed by atoms with Crippen LogP contribution in [0.4, 0.5) is 0 Å². The molecule has 1 aromatic rings. The van der Waals surface area contributed by atoms with E-state index in [1.54, 1.807) is 20.8 Å². The Morgan fingerprint density at radius 1 is 1.43 bits per heavy atom. The molecule has 1 unspecified atom stereocenters. The Bertz CT molecular complexity index is 702. The quantitative estimate of drug-likeness (QED) is 0.877. The molecule has 0 spiro atoms. The maximum absolute atomic E-state index is 12.2. The summed E-state index contributed by atoms with van der Waals surface area (Å²) in [6.45, 7) is 4.83. The molecule has 0 aliphatic carbocycles. The molecular formula is C13H15ClN2O4S. The van der Waals surface area contributed by atoms with Crippen LogP contribution in [0, 0.1) is 16.7 Å². The predicted octanol–water partition coefficient (Wildman–Crippen LogP) is 1.99. The van der Waals surface area contributed by atoms with Crippen molar-refractivity contribution >= 4 is 27.6 Å². The van der Waals surface area contributed by atoms with Crippen molar-refractivity contribution in [1.82, 2.24) is 4.72 Å². The van der Waals surface area contributed by atoms with Gasteiger partial charge >= 0.3 is 5.97 Å². The summed E-state index contributed by atoms with van der Waals surface area (Å²) in [7, 11) is -4.06. The van der Waals surface area contributed by atoms with Gasteiger partial charge in [0.1, 0.15) is 12.1 Å². The molecule has 0 saturated carbocycles. The van der Waals surface area contributed by atoms with Gasteiger partial charge in [-0.2, -0.15) is 9.98 Å². The van der Waals surface area contributed by atoms with Crippen LogP contribution in [0.5, 0.6) is 0 Å². The van der Waals surface area contributed by atoms with Gasteiger partial charge in [0.15, 0.2) is 0 Å². The van der Waals surface area contributed by atoms with E-state index in [0.29, 0.717) is 0 Å². The fourth-order valence-electron chi connectivity index (χ4n) is 1.57. The maximum Gasteiger partial charge on any atom is 0.322 e. The van der Waals surface area contributed by atoms with Gasteiger partial charge in [0.25, 0.3) is 0 Å². The number of hydrogen-bond acceptors (Lipinski definition) is 4. The molecule has 0 fully saturated rings. The van der Waals surface area contributed by atoms with Crippen molar-refractivity contribution in [3.8, 4) is 6.07 Å². The van der Waals surface area contributed by atoms with Gasteiger partial charge in [-0.1, -0.05) is 32.4 Å². The Morgan fingerprint density at radius 2 is 2.00 bits per heavy atom. The first kappa shape index (κ1) is 17.4. The fraction of sp³-hybridized carbons (Fsp3) is 0.385. The molecule has 1 aromatic carbocycles. The molecule has 6 nitrogen and oxygen atoms in total. The highest BCUT2D eigenvalue weighted by atomic mass is 35.5. The Kier molecular flexibility index (Phi) is 4.99. The molecule has 0 radical (unpaired) electrons. The molecule has 0 aliphatic heterocycles. The second-order valence-electron chi connectivity index (χ2n) is 5.51. The lowest BCUT2D eigenvalue weighted by Gasteiger charge is -2.27. The van der Waals surface area contributed by atoms with Gasteiger partial charge in [0.2, 0.25) is 10.0 Å². The molecule has 2 N–H and O–H groups in total. The molecule has 1 rings (SSSR count). The van der Waals surface area contributed by atoms with Crippen molar-refractivity contribution in [1.29, 1.82) is 5.26 Å². The average Bonchev–Trinajstić information content (AvgIpc) is 2.34. The fourth-order valence-corrected chi connectivity index (χ4v) is 3.28. The molecule has 21 heavy (non-hydrogen) atoms. The predicted molar refractivity (Wildman–Crippen MR) is 77.4 cm³/mol. The molecule has 0 amide bonds. The second-order valence-corrected chi connectivity index (χ2v) is 7.63. The van der Waals surface area contributed by atoms with Gasteiger partial charge in [0, 0.05) is 0 Å². The second kappa shape index (κ2) is 6.02. The van der Waals surface area contributed by atoms with Gasteiger partial charge in [-0.05, 0) is 23.6 Å². The third-order valence-electron chi connectivity index (χ3n) is 2.76. The number of sulfonamides is 1. The Labute approximate surface area is 128 Å². The van der Waals surface area contributed by atoms with Crippen LogP contribution in [-0.2, 0) is 14.8 Å². The van der Waals surface area contributed by atoms with E-state index in [-0.39, 0.29) is 15.5 Å². The van der Waals surface area contributed by atoms with E-state index < -0.39 is 27.4 Å². The van der Waals surface area contributed by atoms with E-state index in [1.807, 2.05) is 6.07 Å². The SMILES string of the molecule is CC(C)(C)C(NS(=O)(=O)c1ccc(C#N)c(Cl)c1)C(=O)O. The van der Waals surface area contributed by atoms with E-state index >= 15 is 0 Å². The van der Waals surface area contributed by atoms with Gasteiger partial charge in [0.05, 0.1) is 15.5 Å². The van der Waals surface area contributed by atoms with Crippen LogP contribution in [0.15, 0.2) is 23.1 Å². The highest BCUT2D eigenvalue weighted by molar-refractivity contribution is 7.89. The van der Waals surface area contributed by atoms with E-state index in [4.69, 9.17) is 22.0 Å². The van der Waals surface area contributed by atoms with Gasteiger partial charge in [-0.3, -0.25) is 4.79 Å². The normalized spacial score (nSPS) is 13.5. The van der Waals surface area contributed by atoms with Crippen molar-refractivity contribution in [3.63, 3.8) is 0 Å². The minimum atomic E-state index is -4.06. The number of nitrogens with one attached hydrogen (secondary N) is 1. The minimum Gasteiger partial charge on any atom is -0.480 e. The lowest BCUT2D eigenvalue weighted by molar-refractivity contribution is -0.141. The van der Waals surface area contributed by atoms with Crippen LogP contribution in [0.1, 0.15) is 26.3 Å². The number of nitrogens with zero attached hydrogens (tertiary/aromatic N) is 1. The Hall–Kier alpha value is -1.62. The largest absolute Gasteiger partial charge is 0.480 e. The first-order chi connectivity index (χ1) is 9.49. The lowest BCUT2D eigenvalue weighted by atomic mass is 9.88. The number of carboxylic acid groups (broad SMARTS) is 1. The number of nitriles is 1. The van der Waals surface area contributed by atoms with Crippen LogP contribution >= 0.6 is 11.6 Å². The summed E-state index contributed by atoms with van der Waals surface area (Å²) in [5.74, 6) is -1.27. The number of hydrogen-bond donors (Lipinski definition) is 2. The Balaban J connectivity index is 3.21. The molecule has 114 valence electrons. The van der Waals surface area contributed by atoms with Crippen molar-refractivity contribution in [2.75, 3.05) is 0 Å². The summed E-state index contributed by atoms with van der Waals surface area (Å²) in [5.41, 5.74) is -0.670. The highest BCUT2D eigenvalue weighted by Crippen LogP contribution is 2.24. The van der Waals surface area contributed by atoms with Crippen molar-refractivity contribution < 1.29 is 18.3 Å². The first-order valence-corrected chi connectivity index (χ1v) is 7.80. The monoisotopic (exact) mass is 330 g/mol. The number of carboxylic acids is 1. The van der Waals surface area contributed by atoms with Crippen LogP contribution < -0.4 is 4.72 Å². The van der Waals surface area contributed by atoms with E-state index in [2.05, 4.69) is 4.72 Å². The zero-order valence-corrected chi connectivity index (χ0v) is 13.3. The topological polar surface area (TPSA) is 107 Å². The third kappa shape index (κ3) is 4.17. The lowest BCUT2D eigenvalue weighted by Crippen LogP contribution is -2.48. The number of halogens is 1. The van der Waals surface area contributed by atoms with Crippen molar-refractivity contribution in [3.05, 3.63) is 28.8 Å². The molecule has 0 saturated heterocycles. The van der Waals surface area contributed by atoms with Crippen LogP contribution in [0.2, 0.25) is 5.02 Å². The first-order valence-electron chi connectivity index (χ1n) is 5.94. The van der Waals surface area contributed by atoms with Crippen molar-refractivity contribution in [2.45, 2.75) is 31.7 Å². The molecule has 0 bridgehead atoms. The average molecular weight is 331 g/mol. The van der Waals surface area contributed by atoms with E-state index in [1.165, 1.54) is 12.1 Å². The molecule has 0 aromatic heterocycles. The summed E-state index contributed by atoms with van der Waals surface area (Å²) in [5, 5.41) is 17.9. The number of carbonyl (C=O) groups is 1. The van der Waals surface area contributed by atoms with Gasteiger partial charge in [-0.15, -0.1) is 0 Å². The number of benzene rings is 1. The summed E-state index contributed by atoms with van der Waals surface area (Å²) in [6, 6.07) is 4.11. The van der Waals surface area contributed by atoms with Crippen LogP contribution in [0.25, 0.3) is 0 Å². The Morgan fingerprint density at radius 3 is 2.38 bits per heavy atom. The van der Waals surface area contributed by atoms with Crippen LogP contribution in [-0.4, -0.2) is 25.5 Å². The third-order valence-corrected chi connectivity index (χ3v) is 4.49. The molecule has 0 aliphatic rings. The highest BCUT2D eigenvalue weighted by Gasteiger charge is 2.35. The molecular weight excluding hydrogens is 316 g/mol. The zero-order valence-electron chi connectivity index (χ0n) is 11.7. The number of rotatable bonds is 4. The summed E-state index contributed by atoms with van der Waals surface area (Å²) in [4.78, 5) is 11.0. The minimum absolute atomic E-state index is 0.0111. The summed E-state index contributed by atoms with van der Waals surface area (Å²) in [6.07, 6.45) is 0. The smallest absolute Gasteiger partial charge is 0.322 e. The standard InChI is InChI=1S/C13H15ClN2O4S/c1-13(2,3)11(12(17)18)16-21(19,20)9-5-4-8(7-15)10(14)6-9/h4-6,11,16H,1-3H3,(H,17,18). The van der Waals surface area contributed by atoms with E-state index in [9.17, 15) is 13.2 Å². The molecule has 0 heterocycles. The molecule has 8 heteroatoms. The van der Waals surface area contributed by atoms with Crippen molar-refractivity contribution in [2.24, 2.45) is 5.41 Å². The van der Waals surface area contributed by atoms with E-state index in [0.717, 1.165) is 6.07 Å².